The number of benzene rings is 1. The number of halogens is 1. The van der Waals surface area contributed by atoms with Crippen LogP contribution in [0.4, 0.5) is 15.0 Å². The molecule has 3 fully saturated rings. The van der Waals surface area contributed by atoms with E-state index in [9.17, 15) is 18.8 Å². The van der Waals surface area contributed by atoms with Crippen molar-refractivity contribution in [3.05, 3.63) is 52.3 Å². The van der Waals surface area contributed by atoms with Crippen molar-refractivity contribution in [2.24, 2.45) is 29.2 Å². The van der Waals surface area contributed by atoms with Gasteiger partial charge in [-0.3, -0.25) is 14.7 Å². The normalized spacial score (nSPS) is 23.1. The van der Waals surface area contributed by atoms with Crippen LogP contribution >= 0.6 is 0 Å². The minimum absolute atomic E-state index is 0.0977. The Morgan fingerprint density at radius 1 is 1.10 bits per heavy atom. The molecule has 0 spiro atoms. The van der Waals surface area contributed by atoms with Crippen LogP contribution in [0, 0.1) is 23.6 Å². The van der Waals surface area contributed by atoms with E-state index < -0.39 is 17.3 Å². The number of piperidine rings is 1. The maximum absolute atomic E-state index is 14.9. The highest BCUT2D eigenvalue weighted by Crippen LogP contribution is 2.50. The zero-order chi connectivity index (χ0) is 27.9. The molecule has 11 nitrogen and oxygen atoms in total. The fraction of sp³-hybridized carbons (Fsp3) is 0.556. The average Bonchev–Trinajstić information content (AvgIpc) is 3.38. The number of amides is 3. The van der Waals surface area contributed by atoms with Gasteiger partial charge in [-0.2, -0.15) is 4.98 Å². The molecule has 3 amide bonds. The van der Waals surface area contributed by atoms with Gasteiger partial charge in [0.05, 0.1) is 11.2 Å². The smallest absolute Gasteiger partial charge is 0.338 e. The molecule has 3 heterocycles. The van der Waals surface area contributed by atoms with E-state index in [0.717, 1.165) is 26.2 Å². The third-order valence-electron chi connectivity index (χ3n) is 8.18. The number of carbonyl (C=O) groups is 2. The van der Waals surface area contributed by atoms with Crippen LogP contribution in [0.5, 0.6) is 0 Å². The Balaban J connectivity index is 1.14. The SMILES string of the molecule is CC(C)(N)C(=O)N1CCN(C(=O)Nc2ccn(-c3ccc(CCN4CC5C(CN)C5C4)c(F)c3)c(=O)n2)CC1. The van der Waals surface area contributed by atoms with E-state index in [1.165, 1.54) is 22.9 Å². The number of hydrogen-bond donors (Lipinski definition) is 3. The largest absolute Gasteiger partial charge is 0.354 e. The number of rotatable bonds is 7. The molecule has 1 saturated carbocycles. The van der Waals surface area contributed by atoms with Crippen LogP contribution in [0.2, 0.25) is 0 Å². The van der Waals surface area contributed by atoms with Crippen molar-refractivity contribution in [2.75, 3.05) is 57.7 Å². The molecule has 1 aromatic carbocycles. The minimum atomic E-state index is -0.968. The molecule has 2 atom stereocenters. The third-order valence-corrected chi connectivity index (χ3v) is 8.18. The van der Waals surface area contributed by atoms with Crippen LogP contribution in [0.1, 0.15) is 19.4 Å². The van der Waals surface area contributed by atoms with Gasteiger partial charge in [-0.1, -0.05) is 6.07 Å². The third kappa shape index (κ3) is 5.82. The molecule has 12 heteroatoms. The van der Waals surface area contributed by atoms with Gasteiger partial charge >= 0.3 is 11.7 Å². The highest BCUT2D eigenvalue weighted by molar-refractivity contribution is 5.89. The molecule has 210 valence electrons. The second-order valence-electron chi connectivity index (χ2n) is 11.4. The monoisotopic (exact) mass is 540 g/mol. The summed E-state index contributed by atoms with van der Waals surface area (Å²) in [5.41, 5.74) is 11.0. The van der Waals surface area contributed by atoms with Crippen molar-refractivity contribution in [1.82, 2.24) is 24.3 Å². The summed E-state index contributed by atoms with van der Waals surface area (Å²) in [6.07, 6.45) is 2.06. The summed E-state index contributed by atoms with van der Waals surface area (Å²) in [7, 11) is 0. The van der Waals surface area contributed by atoms with E-state index in [0.29, 0.717) is 61.6 Å². The maximum Gasteiger partial charge on any atom is 0.354 e. The lowest BCUT2D eigenvalue weighted by atomic mass is 10.1. The van der Waals surface area contributed by atoms with E-state index in [1.807, 2.05) is 0 Å². The molecule has 2 saturated heterocycles. The Morgan fingerprint density at radius 3 is 2.36 bits per heavy atom. The summed E-state index contributed by atoms with van der Waals surface area (Å²) in [5.74, 6) is 1.65. The van der Waals surface area contributed by atoms with Crippen LogP contribution < -0.4 is 22.5 Å². The molecular weight excluding hydrogens is 503 g/mol. The summed E-state index contributed by atoms with van der Waals surface area (Å²) in [6.45, 7) is 8.36. The predicted molar refractivity (Wildman–Crippen MR) is 145 cm³/mol. The van der Waals surface area contributed by atoms with Crippen molar-refractivity contribution in [3.63, 3.8) is 0 Å². The van der Waals surface area contributed by atoms with Crippen molar-refractivity contribution in [1.29, 1.82) is 0 Å². The summed E-state index contributed by atoms with van der Waals surface area (Å²) in [5, 5.41) is 2.63. The van der Waals surface area contributed by atoms with Gasteiger partial charge in [0.2, 0.25) is 5.91 Å². The average molecular weight is 541 g/mol. The summed E-state index contributed by atoms with van der Waals surface area (Å²) in [6, 6.07) is 5.83. The first-order valence-corrected chi connectivity index (χ1v) is 13.5. The van der Waals surface area contributed by atoms with Crippen molar-refractivity contribution < 1.29 is 14.0 Å². The number of anilines is 1. The standard InChI is InChI=1S/C27H37FN8O3/c1-27(2,30)24(37)34-9-11-35(12-10-34)25(38)31-23-6-8-36(26(39)32-23)18-4-3-17(22(28)13-18)5-7-33-15-20-19(14-29)21(20)16-33/h3-4,6,8,13,19-21H,5,7,9-12,14-16,29-30H2,1-2H3,(H,31,32,38,39). The molecule has 5 N–H and O–H groups in total. The van der Waals surface area contributed by atoms with Crippen molar-refractivity contribution in [2.45, 2.75) is 25.8 Å². The van der Waals surface area contributed by atoms with E-state index in [-0.39, 0.29) is 17.5 Å². The van der Waals surface area contributed by atoms with E-state index in [4.69, 9.17) is 11.5 Å². The number of nitrogens with zero attached hydrogens (tertiary/aromatic N) is 5. The van der Waals surface area contributed by atoms with Gasteiger partial charge in [0, 0.05) is 52.0 Å². The Bertz CT molecular complexity index is 1290. The molecule has 0 radical (unpaired) electrons. The van der Waals surface area contributed by atoms with Gasteiger partial charge in [0.15, 0.2) is 0 Å². The molecule has 2 aliphatic heterocycles. The lowest BCUT2D eigenvalue weighted by molar-refractivity contribution is -0.137. The first-order valence-electron chi connectivity index (χ1n) is 13.5. The lowest BCUT2D eigenvalue weighted by Gasteiger charge is -2.37. The van der Waals surface area contributed by atoms with E-state index in [1.54, 1.807) is 35.8 Å². The van der Waals surface area contributed by atoms with Crippen LogP contribution in [0.25, 0.3) is 5.69 Å². The van der Waals surface area contributed by atoms with Crippen LogP contribution in [-0.4, -0.2) is 94.1 Å². The number of aromatic nitrogens is 2. The Kier molecular flexibility index (Phi) is 7.45. The van der Waals surface area contributed by atoms with Crippen LogP contribution in [-0.2, 0) is 11.2 Å². The molecule has 39 heavy (non-hydrogen) atoms. The maximum atomic E-state index is 14.9. The molecule has 2 unspecified atom stereocenters. The van der Waals surface area contributed by atoms with Gasteiger partial charge in [-0.15, -0.1) is 0 Å². The topological polar surface area (TPSA) is 143 Å². The Labute approximate surface area is 226 Å². The number of piperazine rings is 1. The highest BCUT2D eigenvalue weighted by atomic mass is 19.1. The predicted octanol–water partition coefficient (Wildman–Crippen LogP) is 0.464. The van der Waals surface area contributed by atoms with Gasteiger partial charge in [0.1, 0.15) is 11.6 Å². The fourth-order valence-electron chi connectivity index (χ4n) is 5.81. The van der Waals surface area contributed by atoms with E-state index >= 15 is 0 Å². The fourth-order valence-corrected chi connectivity index (χ4v) is 5.81. The number of likely N-dealkylation sites (tertiary alicyclic amines) is 1. The molecule has 1 aliphatic carbocycles. The van der Waals surface area contributed by atoms with Crippen molar-refractivity contribution in [3.8, 4) is 5.69 Å². The first kappa shape index (κ1) is 27.2. The van der Waals surface area contributed by atoms with Crippen LogP contribution in [0.15, 0.2) is 35.3 Å². The zero-order valence-corrected chi connectivity index (χ0v) is 22.5. The van der Waals surface area contributed by atoms with E-state index in [2.05, 4.69) is 15.2 Å². The number of nitrogens with two attached hydrogens (primary N) is 2. The zero-order valence-electron chi connectivity index (χ0n) is 22.5. The van der Waals surface area contributed by atoms with Gasteiger partial charge in [0.25, 0.3) is 0 Å². The second-order valence-corrected chi connectivity index (χ2v) is 11.4. The molecule has 1 aromatic heterocycles. The second kappa shape index (κ2) is 10.7. The number of hydrogen-bond acceptors (Lipinski definition) is 7. The molecule has 5 rings (SSSR count). The summed E-state index contributed by atoms with van der Waals surface area (Å²) in [4.78, 5) is 47.2. The Morgan fingerprint density at radius 2 is 1.77 bits per heavy atom. The highest BCUT2D eigenvalue weighted by Gasteiger charge is 2.54. The molecular formula is C27H37FN8O3. The Hall–Kier alpha value is -3.35. The lowest BCUT2D eigenvalue weighted by Crippen LogP contribution is -2.58. The van der Waals surface area contributed by atoms with Crippen molar-refractivity contribution >= 4 is 17.8 Å². The van der Waals surface area contributed by atoms with Gasteiger partial charge < -0.3 is 26.2 Å². The first-order chi connectivity index (χ1) is 18.5. The molecule has 3 aliphatic rings. The van der Waals surface area contributed by atoms with Gasteiger partial charge in [-0.05, 0) is 68.3 Å². The van der Waals surface area contributed by atoms with Crippen LogP contribution in [0.3, 0.4) is 0 Å². The minimum Gasteiger partial charge on any atom is -0.338 e. The number of carbonyl (C=O) groups excluding carboxylic acids is 2. The molecule has 0 bridgehead atoms. The summed E-state index contributed by atoms with van der Waals surface area (Å²) < 4.78 is 16.1. The number of urea groups is 1. The summed E-state index contributed by atoms with van der Waals surface area (Å²) >= 11 is 0. The van der Waals surface area contributed by atoms with Gasteiger partial charge in [-0.25, -0.2) is 14.0 Å². The molecule has 2 aromatic rings. The quantitative estimate of drug-likeness (QED) is 0.463. The number of nitrogens with one attached hydrogen (secondary N) is 1. The number of fused-ring (bicyclic) bond motifs is 1.